The van der Waals surface area contributed by atoms with Crippen molar-refractivity contribution in [3.63, 3.8) is 0 Å². The van der Waals surface area contributed by atoms with Crippen LogP contribution >= 0.6 is 11.3 Å². The number of carbonyl (C=O) groups excluding carboxylic acids is 1. The number of hydrogen-bond acceptors (Lipinski definition) is 3. The molecule has 1 unspecified atom stereocenters. The van der Waals surface area contributed by atoms with E-state index in [1.807, 2.05) is 0 Å². The highest BCUT2D eigenvalue weighted by molar-refractivity contribution is 7.12. The number of aryl methyl sites for hydroxylation is 1. The lowest BCUT2D eigenvalue weighted by molar-refractivity contribution is 0.217. The molecule has 0 bridgehead atoms. The predicted molar refractivity (Wildman–Crippen MR) is 72.6 cm³/mol. The van der Waals surface area contributed by atoms with Gasteiger partial charge in [-0.1, -0.05) is 0 Å². The van der Waals surface area contributed by atoms with Gasteiger partial charge in [-0.05, 0) is 26.0 Å². The van der Waals surface area contributed by atoms with Crippen LogP contribution in [0, 0.1) is 6.92 Å². The van der Waals surface area contributed by atoms with E-state index < -0.39 is 0 Å². The molecule has 0 radical (unpaired) electrons. The molecule has 0 aliphatic heterocycles. The molecule has 4 nitrogen and oxygen atoms in total. The Morgan fingerprint density at radius 2 is 2.12 bits per heavy atom. The Kier molecular flexibility index (Phi) is 5.44. The molecule has 0 spiro atoms. The number of hydrogen-bond donors (Lipinski definition) is 2. The summed E-state index contributed by atoms with van der Waals surface area (Å²) < 4.78 is 0. The van der Waals surface area contributed by atoms with Crippen molar-refractivity contribution in [3.8, 4) is 0 Å². The summed E-state index contributed by atoms with van der Waals surface area (Å²) in [5, 5.41) is 6.21. The van der Waals surface area contributed by atoms with E-state index in [0.29, 0.717) is 12.6 Å². The quantitative estimate of drug-likeness (QED) is 0.790. The van der Waals surface area contributed by atoms with E-state index in [9.17, 15) is 4.79 Å². The van der Waals surface area contributed by atoms with Gasteiger partial charge in [0.05, 0.1) is 0 Å². The molecule has 2 amide bonds. The fraction of sp³-hybridized carbons (Fsp3) is 0.583. The summed E-state index contributed by atoms with van der Waals surface area (Å²) >= 11 is 1.81. The molecule has 1 heterocycles. The Labute approximate surface area is 107 Å². The lowest BCUT2D eigenvalue weighted by Gasteiger charge is -2.14. The number of thiophene rings is 1. The maximum absolute atomic E-state index is 11.2. The van der Waals surface area contributed by atoms with E-state index >= 15 is 0 Å². The van der Waals surface area contributed by atoms with Crippen molar-refractivity contribution in [2.75, 3.05) is 27.2 Å². The Hall–Kier alpha value is -1.07. The van der Waals surface area contributed by atoms with Crippen molar-refractivity contribution in [1.82, 2.24) is 15.5 Å². The molecule has 5 heteroatoms. The molecule has 17 heavy (non-hydrogen) atoms. The monoisotopic (exact) mass is 255 g/mol. The maximum atomic E-state index is 11.2. The first-order valence-electron chi connectivity index (χ1n) is 5.75. The van der Waals surface area contributed by atoms with Gasteiger partial charge in [0.25, 0.3) is 0 Å². The van der Waals surface area contributed by atoms with Gasteiger partial charge in [-0.3, -0.25) is 0 Å². The van der Waals surface area contributed by atoms with Crippen LogP contribution in [0.4, 0.5) is 4.79 Å². The van der Waals surface area contributed by atoms with E-state index in [2.05, 4.69) is 36.6 Å². The third kappa shape index (κ3) is 4.75. The van der Waals surface area contributed by atoms with Crippen LogP contribution in [0.15, 0.2) is 12.1 Å². The summed E-state index contributed by atoms with van der Waals surface area (Å²) in [5.41, 5.74) is 0. The van der Waals surface area contributed by atoms with Crippen LogP contribution in [0.5, 0.6) is 0 Å². The van der Waals surface area contributed by atoms with Gasteiger partial charge in [0, 0.05) is 43.0 Å². The average Bonchev–Trinajstić information content (AvgIpc) is 2.70. The van der Waals surface area contributed by atoms with Crippen molar-refractivity contribution in [2.45, 2.75) is 19.9 Å². The smallest absolute Gasteiger partial charge is 0.316 e. The van der Waals surface area contributed by atoms with E-state index in [4.69, 9.17) is 0 Å². The molecule has 0 aliphatic rings. The SMILES string of the molecule is Cc1ccc(C(C)NCCNC(=O)N(C)C)s1. The van der Waals surface area contributed by atoms with E-state index in [-0.39, 0.29) is 6.03 Å². The topological polar surface area (TPSA) is 44.4 Å². The first-order chi connectivity index (χ1) is 8.00. The zero-order chi connectivity index (χ0) is 12.8. The molecular weight excluding hydrogens is 234 g/mol. The van der Waals surface area contributed by atoms with Crippen molar-refractivity contribution in [2.24, 2.45) is 0 Å². The standard InChI is InChI=1S/C12H21N3OS/c1-9-5-6-11(17-9)10(2)13-7-8-14-12(16)15(3)4/h5-6,10,13H,7-8H2,1-4H3,(H,14,16). The van der Waals surface area contributed by atoms with Crippen LogP contribution in [-0.4, -0.2) is 38.1 Å². The third-order valence-electron chi connectivity index (χ3n) is 2.45. The Morgan fingerprint density at radius 1 is 1.41 bits per heavy atom. The maximum Gasteiger partial charge on any atom is 0.316 e. The molecule has 1 atom stereocenters. The first-order valence-corrected chi connectivity index (χ1v) is 6.57. The van der Waals surface area contributed by atoms with E-state index in [1.54, 1.807) is 25.4 Å². The van der Waals surface area contributed by atoms with Crippen LogP contribution in [0.1, 0.15) is 22.7 Å². The summed E-state index contributed by atoms with van der Waals surface area (Å²) in [7, 11) is 3.47. The average molecular weight is 255 g/mol. The summed E-state index contributed by atoms with van der Waals surface area (Å²) in [5.74, 6) is 0. The van der Waals surface area contributed by atoms with Crippen LogP contribution in [-0.2, 0) is 0 Å². The molecule has 0 saturated heterocycles. The van der Waals surface area contributed by atoms with Crippen LogP contribution in [0.2, 0.25) is 0 Å². The Bertz CT molecular complexity index is 362. The summed E-state index contributed by atoms with van der Waals surface area (Å²) in [6, 6.07) is 4.57. The highest BCUT2D eigenvalue weighted by Gasteiger charge is 2.07. The summed E-state index contributed by atoms with van der Waals surface area (Å²) in [4.78, 5) is 15.4. The third-order valence-corrected chi connectivity index (χ3v) is 3.63. The number of rotatable bonds is 5. The lowest BCUT2D eigenvalue weighted by Crippen LogP contribution is -2.38. The minimum absolute atomic E-state index is 0.0496. The van der Waals surface area contributed by atoms with Gasteiger partial charge < -0.3 is 15.5 Å². The van der Waals surface area contributed by atoms with Crippen molar-refractivity contribution < 1.29 is 4.79 Å². The minimum Gasteiger partial charge on any atom is -0.337 e. The molecule has 0 fully saturated rings. The number of nitrogens with one attached hydrogen (secondary N) is 2. The van der Waals surface area contributed by atoms with Crippen molar-refractivity contribution >= 4 is 17.4 Å². The molecule has 0 aromatic carbocycles. The van der Waals surface area contributed by atoms with Crippen LogP contribution < -0.4 is 10.6 Å². The molecular formula is C12H21N3OS. The summed E-state index contributed by atoms with van der Waals surface area (Å²) in [6.07, 6.45) is 0. The second-order valence-electron chi connectivity index (χ2n) is 4.25. The molecule has 1 aromatic heterocycles. The first kappa shape index (κ1) is 14.0. The molecule has 96 valence electrons. The van der Waals surface area contributed by atoms with E-state index in [1.165, 1.54) is 14.7 Å². The highest BCUT2D eigenvalue weighted by Crippen LogP contribution is 2.21. The number of urea groups is 1. The number of nitrogens with zero attached hydrogens (tertiary/aromatic N) is 1. The van der Waals surface area contributed by atoms with Gasteiger partial charge in [0.15, 0.2) is 0 Å². The van der Waals surface area contributed by atoms with Gasteiger partial charge in [0.1, 0.15) is 0 Å². The van der Waals surface area contributed by atoms with Gasteiger partial charge in [0.2, 0.25) is 0 Å². The Balaban J connectivity index is 2.21. The minimum atomic E-state index is -0.0496. The lowest BCUT2D eigenvalue weighted by atomic mass is 10.3. The molecule has 0 saturated carbocycles. The largest absolute Gasteiger partial charge is 0.337 e. The van der Waals surface area contributed by atoms with Crippen molar-refractivity contribution in [3.05, 3.63) is 21.9 Å². The predicted octanol–water partition coefficient (Wildman–Crippen LogP) is 1.98. The number of amides is 2. The normalized spacial score (nSPS) is 12.2. The molecule has 0 aliphatic carbocycles. The zero-order valence-corrected chi connectivity index (χ0v) is 11.7. The molecule has 2 N–H and O–H groups in total. The Morgan fingerprint density at radius 3 is 2.65 bits per heavy atom. The van der Waals surface area contributed by atoms with Crippen LogP contribution in [0.25, 0.3) is 0 Å². The van der Waals surface area contributed by atoms with Crippen LogP contribution in [0.3, 0.4) is 0 Å². The van der Waals surface area contributed by atoms with Gasteiger partial charge in [-0.2, -0.15) is 0 Å². The highest BCUT2D eigenvalue weighted by atomic mass is 32.1. The van der Waals surface area contributed by atoms with Gasteiger partial charge >= 0.3 is 6.03 Å². The number of carbonyl (C=O) groups is 1. The van der Waals surface area contributed by atoms with Gasteiger partial charge in [-0.15, -0.1) is 11.3 Å². The van der Waals surface area contributed by atoms with Crippen molar-refractivity contribution in [1.29, 1.82) is 0 Å². The fourth-order valence-electron chi connectivity index (χ4n) is 1.40. The zero-order valence-electron chi connectivity index (χ0n) is 10.9. The summed E-state index contributed by atoms with van der Waals surface area (Å²) in [6.45, 7) is 5.67. The second kappa shape index (κ2) is 6.61. The second-order valence-corrected chi connectivity index (χ2v) is 5.57. The molecule has 1 aromatic rings. The molecule has 1 rings (SSSR count). The van der Waals surface area contributed by atoms with E-state index in [0.717, 1.165) is 6.54 Å². The van der Waals surface area contributed by atoms with Gasteiger partial charge in [-0.25, -0.2) is 4.79 Å². The fourth-order valence-corrected chi connectivity index (χ4v) is 2.31.